The lowest BCUT2D eigenvalue weighted by Gasteiger charge is -2.08. The van der Waals surface area contributed by atoms with Crippen LogP contribution in [0.1, 0.15) is 18.9 Å². The third kappa shape index (κ3) is 2.33. The van der Waals surface area contributed by atoms with Gasteiger partial charge in [-0.3, -0.25) is 0 Å². The van der Waals surface area contributed by atoms with Gasteiger partial charge in [-0.2, -0.15) is 0 Å². The van der Waals surface area contributed by atoms with Crippen LogP contribution in [-0.2, 0) is 15.7 Å². The molecule has 1 aromatic carbocycles. The number of hydrogen-bond donors (Lipinski definition) is 1. The van der Waals surface area contributed by atoms with Gasteiger partial charge in [-0.1, -0.05) is 25.5 Å². The van der Waals surface area contributed by atoms with Crippen molar-refractivity contribution in [3.05, 3.63) is 23.8 Å². The maximum atomic E-state index is 9.63. The summed E-state index contributed by atoms with van der Waals surface area (Å²) in [5.41, 5.74) is 1.96. The summed E-state index contributed by atoms with van der Waals surface area (Å²) < 4.78 is 10.8. The molecule has 0 spiro atoms. The molecule has 0 bridgehead atoms. The molecule has 1 saturated heterocycles. The van der Waals surface area contributed by atoms with E-state index in [0.29, 0.717) is 19.0 Å². The number of aryl methyl sites for hydroxylation is 1. The van der Waals surface area contributed by atoms with Crippen molar-refractivity contribution in [1.82, 2.24) is 0 Å². The van der Waals surface area contributed by atoms with Crippen LogP contribution >= 0.6 is 0 Å². The first-order chi connectivity index (χ1) is 7.31. The van der Waals surface area contributed by atoms with Crippen LogP contribution in [0.2, 0.25) is 0 Å². The molecular formula is C11H15BO3. The van der Waals surface area contributed by atoms with Gasteiger partial charge in [0.05, 0.1) is 13.2 Å². The molecule has 0 atom stereocenters. The molecule has 1 fully saturated rings. The Hall–Kier alpha value is -0.995. The lowest BCUT2D eigenvalue weighted by atomic mass is 9.78. The molecule has 0 unspecified atom stereocenters. The van der Waals surface area contributed by atoms with Gasteiger partial charge in [0.25, 0.3) is 0 Å². The van der Waals surface area contributed by atoms with E-state index in [1.165, 1.54) is 0 Å². The zero-order valence-corrected chi connectivity index (χ0v) is 8.90. The van der Waals surface area contributed by atoms with Crippen LogP contribution in [0.4, 0.5) is 0 Å². The van der Waals surface area contributed by atoms with Gasteiger partial charge >= 0.3 is 7.12 Å². The first kappa shape index (κ1) is 10.5. The highest BCUT2D eigenvalue weighted by Crippen LogP contribution is 2.17. The number of phenolic OH excluding ortho intramolecular Hbond substituents is 1. The predicted molar refractivity (Wildman–Crippen MR) is 59.4 cm³/mol. The Morgan fingerprint density at radius 2 is 2.07 bits per heavy atom. The van der Waals surface area contributed by atoms with Crippen molar-refractivity contribution >= 4 is 12.6 Å². The van der Waals surface area contributed by atoms with Gasteiger partial charge < -0.3 is 14.4 Å². The molecule has 1 aromatic rings. The van der Waals surface area contributed by atoms with Crippen molar-refractivity contribution in [1.29, 1.82) is 0 Å². The molecule has 0 saturated carbocycles. The second kappa shape index (κ2) is 4.68. The van der Waals surface area contributed by atoms with Crippen molar-refractivity contribution in [2.24, 2.45) is 0 Å². The van der Waals surface area contributed by atoms with Crippen molar-refractivity contribution in [3.63, 3.8) is 0 Å². The quantitative estimate of drug-likeness (QED) is 0.752. The summed E-state index contributed by atoms with van der Waals surface area (Å²) in [7, 11) is -0.249. The average Bonchev–Trinajstić information content (AvgIpc) is 2.75. The van der Waals surface area contributed by atoms with E-state index in [-0.39, 0.29) is 7.12 Å². The number of phenols is 1. The first-order valence-electron chi connectivity index (χ1n) is 5.36. The summed E-state index contributed by atoms with van der Waals surface area (Å²) in [6, 6.07) is 5.53. The number of rotatable bonds is 3. The Labute approximate surface area is 90.2 Å². The SMILES string of the molecule is CCCc1cc(B2OCCO2)ccc1O. The molecule has 1 aliphatic heterocycles. The first-order valence-corrected chi connectivity index (χ1v) is 5.36. The van der Waals surface area contributed by atoms with Crippen molar-refractivity contribution in [3.8, 4) is 5.75 Å². The zero-order chi connectivity index (χ0) is 10.7. The third-order valence-electron chi connectivity index (χ3n) is 2.52. The number of hydrogen-bond acceptors (Lipinski definition) is 3. The fourth-order valence-corrected chi connectivity index (χ4v) is 1.77. The molecular weight excluding hydrogens is 191 g/mol. The molecule has 0 aromatic heterocycles. The van der Waals surface area contributed by atoms with E-state index in [1.807, 2.05) is 12.1 Å². The lowest BCUT2D eigenvalue weighted by Crippen LogP contribution is -2.31. The minimum atomic E-state index is -0.249. The predicted octanol–water partition coefficient (Wildman–Crippen LogP) is 1.09. The van der Waals surface area contributed by atoms with E-state index >= 15 is 0 Å². The van der Waals surface area contributed by atoms with Crippen LogP contribution in [0.3, 0.4) is 0 Å². The Kier molecular flexibility index (Phi) is 3.28. The molecule has 0 amide bonds. The molecule has 2 rings (SSSR count). The fraction of sp³-hybridized carbons (Fsp3) is 0.455. The minimum absolute atomic E-state index is 0.249. The van der Waals surface area contributed by atoms with Gasteiger partial charge in [0.2, 0.25) is 0 Å². The van der Waals surface area contributed by atoms with Gasteiger partial charge in [0.15, 0.2) is 0 Å². The summed E-state index contributed by atoms with van der Waals surface area (Å²) in [5.74, 6) is 0.360. The van der Waals surface area contributed by atoms with E-state index in [0.717, 1.165) is 23.9 Å². The third-order valence-corrected chi connectivity index (χ3v) is 2.52. The van der Waals surface area contributed by atoms with Crippen LogP contribution in [0.25, 0.3) is 0 Å². The van der Waals surface area contributed by atoms with Crippen molar-refractivity contribution in [2.45, 2.75) is 19.8 Å². The second-order valence-corrected chi connectivity index (χ2v) is 3.71. The Morgan fingerprint density at radius 3 is 2.73 bits per heavy atom. The molecule has 1 heterocycles. The number of aromatic hydroxyl groups is 1. The van der Waals surface area contributed by atoms with Crippen LogP contribution in [0.5, 0.6) is 5.75 Å². The molecule has 1 aliphatic rings. The normalized spacial score (nSPS) is 15.9. The lowest BCUT2D eigenvalue weighted by molar-refractivity contribution is 0.365. The summed E-state index contributed by atoms with van der Waals surface area (Å²) >= 11 is 0. The highest BCUT2D eigenvalue weighted by Gasteiger charge is 2.26. The van der Waals surface area contributed by atoms with E-state index in [2.05, 4.69) is 6.92 Å². The van der Waals surface area contributed by atoms with Gasteiger partial charge in [-0.15, -0.1) is 0 Å². The summed E-state index contributed by atoms with van der Waals surface area (Å²) in [5, 5.41) is 9.63. The Bertz CT molecular complexity index is 335. The standard InChI is InChI=1S/C11H15BO3/c1-2-3-9-8-10(4-5-11(9)13)12-14-6-7-15-12/h4-5,8,13H,2-3,6-7H2,1H3. The Morgan fingerprint density at radius 1 is 1.33 bits per heavy atom. The molecule has 1 N–H and O–H groups in total. The highest BCUT2D eigenvalue weighted by atomic mass is 16.6. The van der Waals surface area contributed by atoms with Gasteiger partial charge in [0, 0.05) is 0 Å². The maximum Gasteiger partial charge on any atom is 0.494 e. The molecule has 0 radical (unpaired) electrons. The molecule has 4 heteroatoms. The minimum Gasteiger partial charge on any atom is -0.508 e. The van der Waals surface area contributed by atoms with Crippen LogP contribution < -0.4 is 5.46 Å². The summed E-state index contributed by atoms with van der Waals surface area (Å²) in [4.78, 5) is 0. The number of benzene rings is 1. The van der Waals surface area contributed by atoms with Crippen LogP contribution in [-0.4, -0.2) is 25.4 Å². The molecule has 0 aliphatic carbocycles. The Balaban J connectivity index is 2.21. The van der Waals surface area contributed by atoms with Crippen LogP contribution in [0.15, 0.2) is 18.2 Å². The maximum absolute atomic E-state index is 9.63. The van der Waals surface area contributed by atoms with Gasteiger partial charge in [-0.25, -0.2) is 0 Å². The van der Waals surface area contributed by atoms with Crippen LogP contribution in [0, 0.1) is 0 Å². The second-order valence-electron chi connectivity index (χ2n) is 3.71. The van der Waals surface area contributed by atoms with E-state index < -0.39 is 0 Å². The van der Waals surface area contributed by atoms with E-state index in [4.69, 9.17) is 9.31 Å². The fourth-order valence-electron chi connectivity index (χ4n) is 1.77. The smallest absolute Gasteiger partial charge is 0.494 e. The topological polar surface area (TPSA) is 38.7 Å². The van der Waals surface area contributed by atoms with Gasteiger partial charge in [0.1, 0.15) is 5.75 Å². The monoisotopic (exact) mass is 206 g/mol. The molecule has 80 valence electrons. The van der Waals surface area contributed by atoms with Crippen molar-refractivity contribution in [2.75, 3.05) is 13.2 Å². The summed E-state index contributed by atoms with van der Waals surface area (Å²) in [6.45, 7) is 3.39. The zero-order valence-electron chi connectivity index (χ0n) is 8.90. The summed E-state index contributed by atoms with van der Waals surface area (Å²) in [6.07, 6.45) is 1.90. The van der Waals surface area contributed by atoms with Crippen molar-refractivity contribution < 1.29 is 14.4 Å². The highest BCUT2D eigenvalue weighted by molar-refractivity contribution is 6.61. The largest absolute Gasteiger partial charge is 0.508 e. The molecule has 3 nitrogen and oxygen atoms in total. The van der Waals surface area contributed by atoms with E-state index in [1.54, 1.807) is 6.07 Å². The van der Waals surface area contributed by atoms with E-state index in [9.17, 15) is 5.11 Å². The average molecular weight is 206 g/mol. The van der Waals surface area contributed by atoms with Gasteiger partial charge in [-0.05, 0) is 23.5 Å². The molecule has 15 heavy (non-hydrogen) atoms.